The topological polar surface area (TPSA) is 256 Å². The summed E-state index contributed by atoms with van der Waals surface area (Å²) in [6.45, 7) is 4.64. The molecule has 0 aromatic heterocycles. The SMILES string of the molecule is C=C(C)O.NC(CS(=O)(=O)O)C(=O)O.NC(CS(=O)(=O)O)C(=O)O.[H-].[Na+]. The Kier molecular flexibility index (Phi) is 18.4. The standard InChI is InChI=1S/2C3H7NO5S.C3H6O.Na.H/c2*4-2(3(5)6)1-10(7,8)9;1-3(2)4;;/h2*2H,1,4H2,(H,5,6)(H,7,8,9);4H,1H2,2H3;;/q;;;+1;-1. The van der Waals surface area contributed by atoms with Gasteiger partial charge in [0, 0.05) is 0 Å². The average molecular weight is 420 g/mol. The minimum Gasteiger partial charge on any atom is -1.00 e. The molecule has 0 aromatic carbocycles. The zero-order valence-corrected chi connectivity index (χ0v) is 17.1. The van der Waals surface area contributed by atoms with Crippen molar-refractivity contribution in [3.05, 3.63) is 12.3 Å². The van der Waals surface area contributed by atoms with Gasteiger partial charge in [0.25, 0.3) is 20.2 Å². The molecule has 0 aliphatic carbocycles. The maximum absolute atomic E-state index is 9.96. The van der Waals surface area contributed by atoms with Crippen molar-refractivity contribution in [2.75, 3.05) is 11.5 Å². The van der Waals surface area contributed by atoms with Crippen LogP contribution in [0.1, 0.15) is 8.35 Å². The van der Waals surface area contributed by atoms with E-state index in [1.54, 1.807) is 0 Å². The van der Waals surface area contributed by atoms with Gasteiger partial charge in [0.2, 0.25) is 0 Å². The molecule has 0 radical (unpaired) electrons. The van der Waals surface area contributed by atoms with Crippen molar-refractivity contribution in [2.24, 2.45) is 11.5 Å². The van der Waals surface area contributed by atoms with Gasteiger partial charge in [0.1, 0.15) is 23.6 Å². The van der Waals surface area contributed by atoms with E-state index in [4.69, 9.17) is 35.9 Å². The Hall–Kier alpha value is -0.780. The number of carbonyl (C=O) groups is 2. The molecule has 16 heteroatoms. The first-order chi connectivity index (χ1) is 10.4. The third-order valence-electron chi connectivity index (χ3n) is 1.41. The average Bonchev–Trinajstić information content (AvgIpc) is 2.23. The van der Waals surface area contributed by atoms with Crippen LogP contribution < -0.4 is 41.0 Å². The molecule has 0 spiro atoms. The van der Waals surface area contributed by atoms with Gasteiger partial charge in [0.15, 0.2) is 0 Å². The van der Waals surface area contributed by atoms with Crippen LogP contribution in [0.2, 0.25) is 0 Å². The van der Waals surface area contributed by atoms with Crippen LogP contribution in [0.15, 0.2) is 12.3 Å². The molecular formula is C9H21N2NaO11S2. The second kappa shape index (κ2) is 14.4. The fourth-order valence-electron chi connectivity index (χ4n) is 0.596. The first-order valence-electron chi connectivity index (χ1n) is 5.60. The molecule has 0 aliphatic heterocycles. The van der Waals surface area contributed by atoms with Crippen LogP contribution in [-0.2, 0) is 29.8 Å². The Labute approximate surface area is 168 Å². The Morgan fingerprint density at radius 1 is 0.920 bits per heavy atom. The van der Waals surface area contributed by atoms with Crippen LogP contribution in [0.3, 0.4) is 0 Å². The molecule has 25 heavy (non-hydrogen) atoms. The third-order valence-corrected chi connectivity index (χ3v) is 2.98. The Morgan fingerprint density at radius 3 is 1.12 bits per heavy atom. The Bertz CT molecular complexity index is 584. The maximum Gasteiger partial charge on any atom is 1.00 e. The smallest absolute Gasteiger partial charge is 1.00 e. The molecule has 13 nitrogen and oxygen atoms in total. The Balaban J connectivity index is -0.0000000883. The van der Waals surface area contributed by atoms with Crippen LogP contribution in [0, 0.1) is 0 Å². The van der Waals surface area contributed by atoms with Crippen molar-refractivity contribution in [1.29, 1.82) is 0 Å². The summed E-state index contributed by atoms with van der Waals surface area (Å²) in [6, 6.07) is -3.12. The van der Waals surface area contributed by atoms with Crippen molar-refractivity contribution < 1.29 is 81.8 Å². The van der Waals surface area contributed by atoms with Gasteiger partial charge in [-0.2, -0.15) is 16.8 Å². The van der Waals surface area contributed by atoms with Crippen molar-refractivity contribution in [1.82, 2.24) is 0 Å². The quantitative estimate of drug-likeness (QED) is 0.120. The monoisotopic (exact) mass is 420 g/mol. The van der Waals surface area contributed by atoms with Gasteiger partial charge in [-0.15, -0.1) is 0 Å². The number of carboxylic acid groups (broad SMARTS) is 2. The third kappa shape index (κ3) is 35.3. The van der Waals surface area contributed by atoms with Gasteiger partial charge in [-0.05, 0) is 6.92 Å². The number of rotatable bonds is 6. The molecular weight excluding hydrogens is 399 g/mol. The first kappa shape index (κ1) is 31.9. The fraction of sp³-hybridized carbons (Fsp3) is 0.556. The molecule has 0 heterocycles. The van der Waals surface area contributed by atoms with Crippen molar-refractivity contribution in [3.8, 4) is 0 Å². The molecule has 146 valence electrons. The van der Waals surface area contributed by atoms with Gasteiger partial charge < -0.3 is 28.2 Å². The maximum atomic E-state index is 9.96. The molecule has 2 atom stereocenters. The van der Waals surface area contributed by atoms with E-state index in [1.807, 2.05) is 0 Å². The summed E-state index contributed by atoms with van der Waals surface area (Å²) in [6.07, 6.45) is 0. The van der Waals surface area contributed by atoms with E-state index in [0.717, 1.165) is 0 Å². The Morgan fingerprint density at radius 2 is 1.08 bits per heavy atom. The summed E-state index contributed by atoms with van der Waals surface area (Å²) in [7, 11) is -8.55. The summed E-state index contributed by atoms with van der Waals surface area (Å²) >= 11 is 0. The molecule has 0 saturated carbocycles. The van der Waals surface area contributed by atoms with Crippen molar-refractivity contribution in [2.45, 2.75) is 19.0 Å². The van der Waals surface area contributed by atoms with Crippen molar-refractivity contribution in [3.63, 3.8) is 0 Å². The van der Waals surface area contributed by atoms with E-state index in [1.165, 1.54) is 6.92 Å². The number of allylic oxidation sites excluding steroid dienone is 1. The van der Waals surface area contributed by atoms with E-state index in [9.17, 15) is 26.4 Å². The predicted molar refractivity (Wildman–Crippen MR) is 82.6 cm³/mol. The molecule has 0 aliphatic rings. The minimum absolute atomic E-state index is 0. The van der Waals surface area contributed by atoms with Crippen molar-refractivity contribution >= 4 is 32.2 Å². The summed E-state index contributed by atoms with van der Waals surface area (Å²) in [5.41, 5.74) is 9.53. The number of hydrogen-bond acceptors (Lipinski definition) is 9. The second-order valence-electron chi connectivity index (χ2n) is 4.12. The number of aliphatic carboxylic acids is 2. The van der Waals surface area contributed by atoms with E-state index in [2.05, 4.69) is 6.58 Å². The van der Waals surface area contributed by atoms with Gasteiger partial charge >= 0.3 is 41.5 Å². The first-order valence-corrected chi connectivity index (χ1v) is 8.82. The molecule has 0 aromatic rings. The van der Waals surface area contributed by atoms with Gasteiger partial charge in [-0.25, -0.2) is 0 Å². The van der Waals surface area contributed by atoms with Crippen LogP contribution in [0.25, 0.3) is 0 Å². The van der Waals surface area contributed by atoms with E-state index >= 15 is 0 Å². The van der Waals surface area contributed by atoms with Crippen LogP contribution >= 0.6 is 0 Å². The van der Waals surface area contributed by atoms with Gasteiger partial charge in [0.05, 0.1) is 5.76 Å². The fourth-order valence-corrected chi connectivity index (χ4v) is 1.79. The second-order valence-corrected chi connectivity index (χ2v) is 7.12. The van der Waals surface area contributed by atoms with E-state index in [-0.39, 0.29) is 36.7 Å². The number of nitrogens with two attached hydrogens (primary N) is 2. The number of aliphatic hydroxyl groups is 1. The zero-order chi connectivity index (χ0) is 20.3. The predicted octanol–water partition coefficient (Wildman–Crippen LogP) is -5.23. The minimum atomic E-state index is -4.27. The van der Waals surface area contributed by atoms with Crippen LogP contribution in [0.4, 0.5) is 0 Å². The number of aliphatic hydroxyl groups excluding tert-OH is 1. The molecule has 2 unspecified atom stereocenters. The normalized spacial score (nSPS) is 12.7. The van der Waals surface area contributed by atoms with E-state index < -0.39 is 55.8 Å². The van der Waals surface area contributed by atoms with E-state index in [0.29, 0.717) is 0 Å². The zero-order valence-electron chi connectivity index (χ0n) is 14.4. The molecule has 0 amide bonds. The summed E-state index contributed by atoms with van der Waals surface area (Å²) < 4.78 is 56.0. The molecule has 0 rings (SSSR count). The summed E-state index contributed by atoms with van der Waals surface area (Å²) in [4.78, 5) is 19.8. The van der Waals surface area contributed by atoms with Crippen LogP contribution in [-0.4, -0.2) is 76.8 Å². The van der Waals surface area contributed by atoms with Gasteiger partial charge in [-0.3, -0.25) is 18.7 Å². The van der Waals surface area contributed by atoms with Crippen LogP contribution in [0.5, 0.6) is 0 Å². The molecule has 9 N–H and O–H groups in total. The number of carboxylic acids is 2. The largest absolute Gasteiger partial charge is 1.00 e. The number of hydrogen-bond donors (Lipinski definition) is 7. The van der Waals surface area contributed by atoms with Gasteiger partial charge in [-0.1, -0.05) is 6.58 Å². The summed E-state index contributed by atoms with van der Waals surface area (Å²) in [5, 5.41) is 24.0. The summed E-state index contributed by atoms with van der Waals surface area (Å²) in [5.74, 6) is -4.67. The molecule has 0 bridgehead atoms. The molecule has 0 saturated heterocycles. The molecule has 0 fully saturated rings.